The molecule has 6 nitrogen and oxygen atoms in total. The van der Waals surface area contributed by atoms with Gasteiger partial charge in [-0.25, -0.2) is 9.59 Å². The number of carboxylic acid groups (broad SMARTS) is 1. The van der Waals surface area contributed by atoms with E-state index in [-0.39, 0.29) is 18.7 Å². The highest BCUT2D eigenvalue weighted by Gasteiger charge is 2.27. The van der Waals surface area contributed by atoms with E-state index in [1.165, 1.54) is 25.7 Å². The average molecular weight is 298 g/mol. The smallest absolute Gasteiger partial charge is 0.329 e. The van der Waals surface area contributed by atoms with E-state index in [1.54, 1.807) is 0 Å². The Kier molecular flexibility index (Phi) is 5.85. The lowest BCUT2D eigenvalue weighted by Gasteiger charge is -2.35. The van der Waals surface area contributed by atoms with Crippen LogP contribution in [0.4, 0.5) is 4.79 Å². The first-order valence-electron chi connectivity index (χ1n) is 7.89. The molecule has 0 unspecified atom stereocenters. The van der Waals surface area contributed by atoms with E-state index in [2.05, 4.69) is 0 Å². The molecule has 1 saturated heterocycles. The van der Waals surface area contributed by atoms with Crippen LogP contribution in [0, 0.1) is 5.92 Å². The van der Waals surface area contributed by atoms with Gasteiger partial charge >= 0.3 is 12.0 Å². The molecular weight excluding hydrogens is 272 g/mol. The molecule has 0 aromatic rings. The van der Waals surface area contributed by atoms with Crippen LogP contribution in [0.1, 0.15) is 38.5 Å². The number of urea groups is 1. The molecule has 0 bridgehead atoms. The molecule has 1 N–H and O–H groups in total. The van der Waals surface area contributed by atoms with Crippen molar-refractivity contribution in [3.8, 4) is 0 Å². The first-order valence-corrected chi connectivity index (χ1v) is 7.89. The van der Waals surface area contributed by atoms with Gasteiger partial charge in [-0.2, -0.15) is 0 Å². The molecule has 6 heteroatoms. The van der Waals surface area contributed by atoms with Crippen LogP contribution < -0.4 is 0 Å². The van der Waals surface area contributed by atoms with Gasteiger partial charge in [0.05, 0.1) is 6.10 Å². The van der Waals surface area contributed by atoms with Gasteiger partial charge in [0, 0.05) is 26.7 Å². The van der Waals surface area contributed by atoms with E-state index in [1.807, 2.05) is 16.8 Å². The number of hydrogen-bond acceptors (Lipinski definition) is 3. The van der Waals surface area contributed by atoms with Crippen LogP contribution in [0.15, 0.2) is 0 Å². The van der Waals surface area contributed by atoms with Crippen molar-refractivity contribution < 1.29 is 19.4 Å². The van der Waals surface area contributed by atoms with Gasteiger partial charge in [0.2, 0.25) is 0 Å². The molecule has 2 aliphatic rings. The normalized spacial score (nSPS) is 20.7. The van der Waals surface area contributed by atoms with Gasteiger partial charge in [0.15, 0.2) is 0 Å². The summed E-state index contributed by atoms with van der Waals surface area (Å²) in [5.74, 6) is -0.278. The van der Waals surface area contributed by atoms with Crippen LogP contribution in [-0.2, 0) is 9.53 Å². The zero-order valence-corrected chi connectivity index (χ0v) is 12.8. The third-order valence-electron chi connectivity index (χ3n) is 4.49. The molecular formula is C15H26N2O4. The molecule has 1 saturated carbocycles. The van der Waals surface area contributed by atoms with E-state index in [4.69, 9.17) is 9.84 Å². The Balaban J connectivity index is 1.70. The Morgan fingerprint density at radius 3 is 2.38 bits per heavy atom. The standard InChI is InChI=1S/C15H26N2O4/c1-16(10-12-4-2-3-5-12)15(20)17-8-6-13(7-9-17)21-11-14(18)19/h12-13H,2-11H2,1H3,(H,18,19). The first kappa shape index (κ1) is 16.1. The maximum atomic E-state index is 12.4. The van der Waals surface area contributed by atoms with Gasteiger partial charge in [0.1, 0.15) is 6.61 Å². The molecule has 21 heavy (non-hydrogen) atoms. The number of carboxylic acids is 1. The molecule has 2 fully saturated rings. The minimum absolute atomic E-state index is 0.0368. The molecule has 1 aliphatic carbocycles. The third kappa shape index (κ3) is 4.88. The number of piperidine rings is 1. The quantitative estimate of drug-likeness (QED) is 0.840. The Hall–Kier alpha value is -1.30. The van der Waals surface area contributed by atoms with E-state index in [9.17, 15) is 9.59 Å². The number of likely N-dealkylation sites (tertiary alicyclic amines) is 1. The maximum absolute atomic E-state index is 12.4. The van der Waals surface area contributed by atoms with Crippen molar-refractivity contribution in [1.29, 1.82) is 0 Å². The van der Waals surface area contributed by atoms with Gasteiger partial charge in [-0.3, -0.25) is 0 Å². The number of carbonyl (C=O) groups is 2. The lowest BCUT2D eigenvalue weighted by molar-refractivity contribution is -0.145. The Morgan fingerprint density at radius 1 is 1.19 bits per heavy atom. The van der Waals surface area contributed by atoms with Crippen molar-refractivity contribution in [2.24, 2.45) is 5.92 Å². The van der Waals surface area contributed by atoms with Crippen LogP contribution in [0.5, 0.6) is 0 Å². The van der Waals surface area contributed by atoms with E-state index >= 15 is 0 Å². The summed E-state index contributed by atoms with van der Waals surface area (Å²) >= 11 is 0. The minimum atomic E-state index is -0.940. The van der Waals surface area contributed by atoms with Crippen molar-refractivity contribution in [3.63, 3.8) is 0 Å². The predicted octanol–water partition coefficient (Wildman–Crippen LogP) is 1.79. The van der Waals surface area contributed by atoms with Crippen molar-refractivity contribution >= 4 is 12.0 Å². The summed E-state index contributed by atoms with van der Waals surface area (Å²) in [4.78, 5) is 26.5. The fourth-order valence-corrected chi connectivity index (χ4v) is 3.30. The van der Waals surface area contributed by atoms with Crippen LogP contribution in [0.25, 0.3) is 0 Å². The van der Waals surface area contributed by atoms with E-state index < -0.39 is 5.97 Å². The second-order valence-electron chi connectivity index (χ2n) is 6.20. The number of ether oxygens (including phenoxy) is 1. The molecule has 1 aliphatic heterocycles. The monoisotopic (exact) mass is 298 g/mol. The molecule has 0 aromatic heterocycles. The topological polar surface area (TPSA) is 70.1 Å². The highest BCUT2D eigenvalue weighted by Crippen LogP contribution is 2.25. The van der Waals surface area contributed by atoms with Gasteiger partial charge in [0.25, 0.3) is 0 Å². The summed E-state index contributed by atoms with van der Waals surface area (Å²) in [6, 6.07) is 0.0959. The number of nitrogens with zero attached hydrogens (tertiary/aromatic N) is 2. The van der Waals surface area contributed by atoms with Gasteiger partial charge < -0.3 is 19.6 Å². The van der Waals surface area contributed by atoms with Crippen molar-refractivity contribution in [3.05, 3.63) is 0 Å². The molecule has 0 radical (unpaired) electrons. The number of aliphatic carboxylic acids is 1. The number of hydrogen-bond donors (Lipinski definition) is 1. The Bertz CT molecular complexity index is 361. The maximum Gasteiger partial charge on any atom is 0.329 e. The summed E-state index contributed by atoms with van der Waals surface area (Å²) in [6.45, 7) is 1.91. The van der Waals surface area contributed by atoms with Crippen LogP contribution in [0.2, 0.25) is 0 Å². The molecule has 0 aromatic carbocycles. The van der Waals surface area contributed by atoms with E-state index in [0.717, 1.165) is 19.4 Å². The number of carbonyl (C=O) groups excluding carboxylic acids is 1. The van der Waals surface area contributed by atoms with Crippen LogP contribution in [0.3, 0.4) is 0 Å². The van der Waals surface area contributed by atoms with Gasteiger partial charge in [-0.1, -0.05) is 12.8 Å². The zero-order chi connectivity index (χ0) is 15.2. The summed E-state index contributed by atoms with van der Waals surface area (Å²) in [6.07, 6.45) is 6.46. The zero-order valence-electron chi connectivity index (χ0n) is 12.8. The highest BCUT2D eigenvalue weighted by molar-refractivity contribution is 5.74. The molecule has 0 atom stereocenters. The predicted molar refractivity (Wildman–Crippen MR) is 78.2 cm³/mol. The second kappa shape index (κ2) is 7.64. The Labute approximate surface area is 126 Å². The number of rotatable bonds is 5. The minimum Gasteiger partial charge on any atom is -0.480 e. The summed E-state index contributed by atoms with van der Waals surface area (Å²) < 4.78 is 5.29. The molecule has 0 spiro atoms. The fourth-order valence-electron chi connectivity index (χ4n) is 3.30. The van der Waals surface area contributed by atoms with E-state index in [0.29, 0.717) is 19.0 Å². The number of amides is 2. The van der Waals surface area contributed by atoms with Gasteiger partial charge in [-0.15, -0.1) is 0 Å². The molecule has 1 heterocycles. The summed E-state index contributed by atoms with van der Waals surface area (Å²) in [7, 11) is 1.88. The SMILES string of the molecule is CN(CC1CCCC1)C(=O)N1CCC(OCC(=O)O)CC1. The third-order valence-corrected chi connectivity index (χ3v) is 4.49. The van der Waals surface area contributed by atoms with Gasteiger partial charge in [-0.05, 0) is 31.6 Å². The molecule has 2 amide bonds. The fraction of sp³-hybridized carbons (Fsp3) is 0.867. The summed E-state index contributed by atoms with van der Waals surface area (Å²) in [5, 5.41) is 8.60. The molecule has 2 rings (SSSR count). The Morgan fingerprint density at radius 2 is 1.81 bits per heavy atom. The first-order chi connectivity index (χ1) is 10.1. The summed E-state index contributed by atoms with van der Waals surface area (Å²) in [5.41, 5.74) is 0. The lowest BCUT2D eigenvalue weighted by atomic mass is 10.1. The second-order valence-corrected chi connectivity index (χ2v) is 6.20. The van der Waals surface area contributed by atoms with Crippen molar-refractivity contribution in [1.82, 2.24) is 9.80 Å². The van der Waals surface area contributed by atoms with Crippen LogP contribution >= 0.6 is 0 Å². The van der Waals surface area contributed by atoms with Crippen molar-refractivity contribution in [2.75, 3.05) is 33.3 Å². The highest BCUT2D eigenvalue weighted by atomic mass is 16.5. The van der Waals surface area contributed by atoms with Crippen LogP contribution in [-0.4, -0.2) is 66.3 Å². The average Bonchev–Trinajstić information content (AvgIpc) is 2.97. The largest absolute Gasteiger partial charge is 0.480 e. The lowest BCUT2D eigenvalue weighted by Crippen LogP contribution is -2.47. The van der Waals surface area contributed by atoms with Crippen molar-refractivity contribution in [2.45, 2.75) is 44.6 Å². The molecule has 120 valence electrons.